The van der Waals surface area contributed by atoms with Crippen LogP contribution in [0.15, 0.2) is 65.5 Å². The summed E-state index contributed by atoms with van der Waals surface area (Å²) in [6.07, 6.45) is 4.58. The molecule has 1 atom stereocenters. The molecular formula is C18H18N4O2. The summed E-state index contributed by atoms with van der Waals surface area (Å²) in [6.45, 7) is 2.36. The number of hydrogen-bond acceptors (Lipinski definition) is 5. The molecule has 0 bridgehead atoms. The first-order valence-corrected chi connectivity index (χ1v) is 7.66. The van der Waals surface area contributed by atoms with Gasteiger partial charge in [0.2, 0.25) is 0 Å². The van der Waals surface area contributed by atoms with E-state index in [1.54, 1.807) is 24.6 Å². The molecule has 1 aromatic carbocycles. The fourth-order valence-corrected chi connectivity index (χ4v) is 2.24. The van der Waals surface area contributed by atoms with Gasteiger partial charge in [0.1, 0.15) is 17.3 Å². The van der Waals surface area contributed by atoms with Gasteiger partial charge >= 0.3 is 0 Å². The van der Waals surface area contributed by atoms with E-state index in [1.165, 1.54) is 6.20 Å². The van der Waals surface area contributed by atoms with Crippen LogP contribution in [0.5, 0.6) is 0 Å². The Bertz CT molecular complexity index is 771. The third-order valence-corrected chi connectivity index (χ3v) is 3.55. The predicted octanol–water partition coefficient (Wildman–Crippen LogP) is 3.17. The van der Waals surface area contributed by atoms with Gasteiger partial charge in [0.25, 0.3) is 5.91 Å². The highest BCUT2D eigenvalue weighted by molar-refractivity contribution is 5.91. The molecule has 1 amide bonds. The van der Waals surface area contributed by atoms with Gasteiger partial charge in [-0.3, -0.25) is 4.79 Å². The van der Waals surface area contributed by atoms with Crippen molar-refractivity contribution in [3.05, 3.63) is 78.1 Å². The fraction of sp³-hybridized carbons (Fsp3) is 0.167. The third kappa shape index (κ3) is 3.98. The maximum absolute atomic E-state index is 12.0. The first-order chi connectivity index (χ1) is 11.7. The van der Waals surface area contributed by atoms with Gasteiger partial charge < -0.3 is 15.1 Å². The van der Waals surface area contributed by atoms with E-state index in [2.05, 4.69) is 20.6 Å². The van der Waals surface area contributed by atoms with Crippen LogP contribution in [0.25, 0.3) is 0 Å². The van der Waals surface area contributed by atoms with Crippen LogP contribution in [0.2, 0.25) is 0 Å². The largest absolute Gasteiger partial charge is 0.467 e. The van der Waals surface area contributed by atoms with E-state index in [9.17, 15) is 4.79 Å². The molecule has 0 aliphatic heterocycles. The predicted molar refractivity (Wildman–Crippen MR) is 90.4 cm³/mol. The zero-order valence-corrected chi connectivity index (χ0v) is 13.3. The molecule has 2 N–H and O–H groups in total. The molecule has 0 radical (unpaired) electrons. The Balaban J connectivity index is 1.57. The first-order valence-electron chi connectivity index (χ1n) is 7.66. The lowest BCUT2D eigenvalue weighted by Gasteiger charge is -2.14. The Morgan fingerprint density at radius 1 is 1.12 bits per heavy atom. The number of carbonyl (C=O) groups is 1. The van der Waals surface area contributed by atoms with Crippen LogP contribution in [0.4, 0.5) is 5.82 Å². The maximum atomic E-state index is 12.0. The Kier molecular flexibility index (Phi) is 4.86. The molecule has 1 unspecified atom stereocenters. The summed E-state index contributed by atoms with van der Waals surface area (Å²) in [5.74, 6) is 1.02. The molecule has 0 aliphatic carbocycles. The number of benzene rings is 1. The van der Waals surface area contributed by atoms with Gasteiger partial charge in [0, 0.05) is 6.04 Å². The molecule has 6 nitrogen and oxygen atoms in total. The number of furan rings is 1. The molecule has 0 spiro atoms. The SMILES string of the molecule is CC(Nc1cnc(C(=O)NCc2ccco2)cn1)c1ccccc1. The van der Waals surface area contributed by atoms with Crippen molar-refractivity contribution in [3.8, 4) is 0 Å². The highest BCUT2D eigenvalue weighted by Gasteiger charge is 2.10. The second-order valence-electron chi connectivity index (χ2n) is 5.33. The topological polar surface area (TPSA) is 80.0 Å². The molecule has 0 saturated carbocycles. The van der Waals surface area contributed by atoms with E-state index in [4.69, 9.17) is 4.42 Å². The number of nitrogens with zero attached hydrogens (tertiary/aromatic N) is 2. The number of rotatable bonds is 6. The average Bonchev–Trinajstić information content (AvgIpc) is 3.14. The van der Waals surface area contributed by atoms with Crippen molar-refractivity contribution in [2.75, 3.05) is 5.32 Å². The van der Waals surface area contributed by atoms with E-state index < -0.39 is 0 Å². The average molecular weight is 322 g/mol. The van der Waals surface area contributed by atoms with E-state index in [0.717, 1.165) is 5.56 Å². The summed E-state index contributed by atoms with van der Waals surface area (Å²) in [5, 5.41) is 5.99. The molecule has 2 heterocycles. The minimum absolute atomic E-state index is 0.0964. The number of hydrogen-bond donors (Lipinski definition) is 2. The van der Waals surface area contributed by atoms with Crippen molar-refractivity contribution >= 4 is 11.7 Å². The minimum atomic E-state index is -0.290. The Morgan fingerprint density at radius 2 is 1.96 bits per heavy atom. The molecular weight excluding hydrogens is 304 g/mol. The smallest absolute Gasteiger partial charge is 0.271 e. The summed E-state index contributed by atoms with van der Waals surface area (Å²) < 4.78 is 5.16. The van der Waals surface area contributed by atoms with Crippen molar-refractivity contribution < 1.29 is 9.21 Å². The number of anilines is 1. The zero-order chi connectivity index (χ0) is 16.8. The number of carbonyl (C=O) groups excluding carboxylic acids is 1. The van der Waals surface area contributed by atoms with Crippen LogP contribution in [-0.4, -0.2) is 15.9 Å². The van der Waals surface area contributed by atoms with E-state index in [0.29, 0.717) is 18.1 Å². The fourth-order valence-electron chi connectivity index (χ4n) is 2.24. The summed E-state index contributed by atoms with van der Waals surface area (Å²) in [6, 6.07) is 13.7. The minimum Gasteiger partial charge on any atom is -0.467 e. The summed E-state index contributed by atoms with van der Waals surface area (Å²) in [7, 11) is 0. The van der Waals surface area contributed by atoms with Crippen LogP contribution in [0.3, 0.4) is 0 Å². The van der Waals surface area contributed by atoms with Crippen molar-refractivity contribution in [1.29, 1.82) is 0 Å². The Labute approximate surface area is 140 Å². The standard InChI is InChI=1S/C18H18N4O2/c1-13(14-6-3-2-4-7-14)22-17-12-19-16(11-20-17)18(23)21-10-15-8-5-9-24-15/h2-9,11-13H,10H2,1H3,(H,20,22)(H,21,23). The van der Waals surface area contributed by atoms with Crippen molar-refractivity contribution in [2.45, 2.75) is 19.5 Å². The molecule has 122 valence electrons. The molecule has 2 aromatic heterocycles. The Hall–Kier alpha value is -3.15. The van der Waals surface area contributed by atoms with E-state index in [-0.39, 0.29) is 17.6 Å². The lowest BCUT2D eigenvalue weighted by atomic mass is 10.1. The normalized spacial score (nSPS) is 11.7. The van der Waals surface area contributed by atoms with E-state index >= 15 is 0 Å². The lowest BCUT2D eigenvalue weighted by molar-refractivity contribution is 0.0942. The van der Waals surface area contributed by atoms with Gasteiger partial charge in [0.05, 0.1) is 25.2 Å². The van der Waals surface area contributed by atoms with Gasteiger partial charge in [-0.15, -0.1) is 0 Å². The molecule has 0 saturated heterocycles. The molecule has 0 fully saturated rings. The number of nitrogens with one attached hydrogen (secondary N) is 2. The van der Waals surface area contributed by atoms with E-state index in [1.807, 2.05) is 37.3 Å². The van der Waals surface area contributed by atoms with Gasteiger partial charge in [-0.05, 0) is 24.6 Å². The van der Waals surface area contributed by atoms with Gasteiger partial charge in [-0.2, -0.15) is 0 Å². The summed E-state index contributed by atoms with van der Waals surface area (Å²) >= 11 is 0. The van der Waals surface area contributed by atoms with Gasteiger partial charge in [-0.1, -0.05) is 30.3 Å². The molecule has 0 aliphatic rings. The van der Waals surface area contributed by atoms with Gasteiger partial charge in [-0.25, -0.2) is 9.97 Å². The number of amides is 1. The number of aromatic nitrogens is 2. The van der Waals surface area contributed by atoms with Crippen LogP contribution >= 0.6 is 0 Å². The summed E-state index contributed by atoms with van der Waals surface area (Å²) in [5.41, 5.74) is 1.42. The molecule has 3 aromatic rings. The van der Waals surface area contributed by atoms with Crippen molar-refractivity contribution in [2.24, 2.45) is 0 Å². The Morgan fingerprint density at radius 3 is 2.62 bits per heavy atom. The maximum Gasteiger partial charge on any atom is 0.271 e. The lowest BCUT2D eigenvalue weighted by Crippen LogP contribution is -2.23. The molecule has 6 heteroatoms. The first kappa shape index (κ1) is 15.7. The quantitative estimate of drug-likeness (QED) is 0.728. The van der Waals surface area contributed by atoms with Crippen molar-refractivity contribution in [1.82, 2.24) is 15.3 Å². The van der Waals surface area contributed by atoms with Crippen LogP contribution < -0.4 is 10.6 Å². The van der Waals surface area contributed by atoms with Crippen LogP contribution in [0.1, 0.15) is 34.8 Å². The zero-order valence-electron chi connectivity index (χ0n) is 13.3. The van der Waals surface area contributed by atoms with Crippen LogP contribution in [-0.2, 0) is 6.54 Å². The van der Waals surface area contributed by atoms with Gasteiger partial charge in [0.15, 0.2) is 0 Å². The third-order valence-electron chi connectivity index (χ3n) is 3.55. The second-order valence-corrected chi connectivity index (χ2v) is 5.33. The van der Waals surface area contributed by atoms with Crippen LogP contribution in [0, 0.1) is 0 Å². The highest BCUT2D eigenvalue weighted by atomic mass is 16.3. The monoisotopic (exact) mass is 322 g/mol. The molecule has 3 rings (SSSR count). The second kappa shape index (κ2) is 7.41. The van der Waals surface area contributed by atoms with Crippen molar-refractivity contribution in [3.63, 3.8) is 0 Å². The molecule has 24 heavy (non-hydrogen) atoms. The highest BCUT2D eigenvalue weighted by Crippen LogP contribution is 2.16. The summed E-state index contributed by atoms with van der Waals surface area (Å²) in [4.78, 5) is 20.4.